The average molecular weight is 317 g/mol. The highest BCUT2D eigenvalue weighted by atomic mass is 35.5. The minimum atomic E-state index is 0.683. The normalized spacial score (nSPS) is 11.3. The number of aromatic nitrogens is 6. The van der Waals surface area contributed by atoms with Crippen LogP contribution in [-0.2, 0) is 7.05 Å². The van der Waals surface area contributed by atoms with E-state index in [-0.39, 0.29) is 0 Å². The van der Waals surface area contributed by atoms with E-state index in [4.69, 9.17) is 11.6 Å². The third-order valence-electron chi connectivity index (χ3n) is 3.03. The van der Waals surface area contributed by atoms with Crippen LogP contribution in [0.15, 0.2) is 36.7 Å². The van der Waals surface area contributed by atoms with Crippen molar-refractivity contribution in [2.75, 3.05) is 0 Å². The average Bonchev–Trinajstić information content (AvgIpc) is 3.13. The van der Waals surface area contributed by atoms with Crippen molar-refractivity contribution in [3.05, 3.63) is 41.7 Å². The van der Waals surface area contributed by atoms with E-state index >= 15 is 0 Å². The van der Waals surface area contributed by atoms with E-state index in [1.54, 1.807) is 15.4 Å². The lowest BCUT2D eigenvalue weighted by molar-refractivity contribution is 0.768. The van der Waals surface area contributed by atoms with Crippen molar-refractivity contribution in [2.45, 2.75) is 0 Å². The van der Waals surface area contributed by atoms with E-state index in [2.05, 4.69) is 20.4 Å². The molecular weight excluding hydrogens is 308 g/mol. The zero-order valence-electron chi connectivity index (χ0n) is 10.9. The van der Waals surface area contributed by atoms with Gasteiger partial charge in [0.25, 0.3) is 0 Å². The molecule has 0 N–H and O–H groups in total. The number of benzene rings is 1. The molecule has 0 saturated heterocycles. The Morgan fingerprint density at radius 1 is 1.19 bits per heavy atom. The van der Waals surface area contributed by atoms with Crippen LogP contribution in [0, 0.1) is 0 Å². The number of hydrogen-bond acceptors (Lipinski definition) is 5. The SMILES string of the molecule is Cn1cc(-c2nnc3sc(-c4cccc(Cl)c4)nn23)cn1. The molecule has 0 radical (unpaired) electrons. The Hall–Kier alpha value is -2.25. The summed E-state index contributed by atoms with van der Waals surface area (Å²) in [6.45, 7) is 0. The second kappa shape index (κ2) is 4.64. The van der Waals surface area contributed by atoms with Crippen molar-refractivity contribution in [1.29, 1.82) is 0 Å². The number of aryl methyl sites for hydroxylation is 1. The topological polar surface area (TPSA) is 60.9 Å². The summed E-state index contributed by atoms with van der Waals surface area (Å²) in [4.78, 5) is 0.740. The Bertz CT molecular complexity index is 937. The fourth-order valence-electron chi connectivity index (χ4n) is 2.07. The van der Waals surface area contributed by atoms with Crippen LogP contribution in [-0.4, -0.2) is 29.6 Å². The molecule has 6 nitrogen and oxygen atoms in total. The third kappa shape index (κ3) is 2.10. The van der Waals surface area contributed by atoms with Crippen LogP contribution in [0.2, 0.25) is 5.02 Å². The van der Waals surface area contributed by atoms with Crippen molar-refractivity contribution in [1.82, 2.24) is 29.6 Å². The van der Waals surface area contributed by atoms with Crippen LogP contribution in [0.3, 0.4) is 0 Å². The van der Waals surface area contributed by atoms with Gasteiger partial charge in [-0.15, -0.1) is 10.2 Å². The molecule has 3 aromatic heterocycles. The minimum Gasteiger partial charge on any atom is -0.275 e. The van der Waals surface area contributed by atoms with Gasteiger partial charge in [-0.25, -0.2) is 0 Å². The second-order valence-corrected chi connectivity index (χ2v) is 5.93. The maximum Gasteiger partial charge on any atom is 0.235 e. The molecule has 0 aliphatic carbocycles. The molecule has 1 aromatic carbocycles. The molecule has 3 heterocycles. The predicted octanol–water partition coefficient (Wildman–Crippen LogP) is 2.91. The Morgan fingerprint density at radius 3 is 2.86 bits per heavy atom. The Kier molecular flexibility index (Phi) is 2.76. The highest BCUT2D eigenvalue weighted by molar-refractivity contribution is 7.19. The molecule has 0 unspecified atom stereocenters. The molecule has 0 atom stereocenters. The van der Waals surface area contributed by atoms with Crippen LogP contribution in [0.25, 0.3) is 26.9 Å². The Labute approximate surface area is 128 Å². The van der Waals surface area contributed by atoms with Crippen molar-refractivity contribution < 1.29 is 0 Å². The van der Waals surface area contributed by atoms with Gasteiger partial charge in [0.05, 0.1) is 11.8 Å². The van der Waals surface area contributed by atoms with E-state index in [0.717, 1.165) is 21.1 Å². The van der Waals surface area contributed by atoms with Crippen molar-refractivity contribution >= 4 is 27.9 Å². The second-order valence-electron chi connectivity index (χ2n) is 4.54. The fraction of sp³-hybridized carbons (Fsp3) is 0.0769. The molecule has 0 saturated carbocycles. The zero-order valence-corrected chi connectivity index (χ0v) is 12.5. The van der Waals surface area contributed by atoms with Crippen molar-refractivity contribution in [2.24, 2.45) is 7.05 Å². The lowest BCUT2D eigenvalue weighted by atomic mass is 10.2. The first-order valence-electron chi connectivity index (χ1n) is 6.18. The summed E-state index contributed by atoms with van der Waals surface area (Å²) in [6.07, 6.45) is 3.63. The van der Waals surface area contributed by atoms with Crippen LogP contribution < -0.4 is 0 Å². The molecule has 0 aliphatic heterocycles. The van der Waals surface area contributed by atoms with Gasteiger partial charge in [0.1, 0.15) is 5.01 Å². The standard InChI is InChI=1S/C13H9ClN6S/c1-19-7-9(6-15-19)11-16-17-13-20(11)18-12(21-13)8-3-2-4-10(14)5-8/h2-7H,1H3. The van der Waals surface area contributed by atoms with Crippen molar-refractivity contribution in [3.8, 4) is 22.0 Å². The van der Waals surface area contributed by atoms with Gasteiger partial charge in [-0.3, -0.25) is 4.68 Å². The Morgan fingerprint density at radius 2 is 2.10 bits per heavy atom. The van der Waals surface area contributed by atoms with Crippen LogP contribution in [0.4, 0.5) is 0 Å². The third-order valence-corrected chi connectivity index (χ3v) is 4.21. The summed E-state index contributed by atoms with van der Waals surface area (Å²) in [6, 6.07) is 7.60. The smallest absolute Gasteiger partial charge is 0.235 e. The van der Waals surface area contributed by atoms with Gasteiger partial charge in [-0.2, -0.15) is 14.7 Å². The van der Waals surface area contributed by atoms with Gasteiger partial charge in [0.2, 0.25) is 4.96 Å². The zero-order chi connectivity index (χ0) is 14.4. The lowest BCUT2D eigenvalue weighted by Crippen LogP contribution is -1.90. The van der Waals surface area contributed by atoms with Gasteiger partial charge in [0.15, 0.2) is 5.82 Å². The molecule has 8 heteroatoms. The predicted molar refractivity (Wildman–Crippen MR) is 81.3 cm³/mol. The number of fused-ring (bicyclic) bond motifs is 1. The van der Waals surface area contributed by atoms with Gasteiger partial charge in [0, 0.05) is 23.8 Å². The quantitative estimate of drug-likeness (QED) is 0.570. The first-order valence-corrected chi connectivity index (χ1v) is 7.37. The molecule has 0 spiro atoms. The molecular formula is C13H9ClN6S. The lowest BCUT2D eigenvalue weighted by Gasteiger charge is -1.95. The van der Waals surface area contributed by atoms with Crippen LogP contribution >= 0.6 is 22.9 Å². The van der Waals surface area contributed by atoms with Gasteiger partial charge < -0.3 is 0 Å². The summed E-state index contributed by atoms with van der Waals surface area (Å²) in [5.74, 6) is 0.683. The molecule has 104 valence electrons. The van der Waals surface area contributed by atoms with E-state index in [1.807, 2.05) is 37.5 Å². The molecule has 4 rings (SSSR count). The molecule has 0 fully saturated rings. The van der Waals surface area contributed by atoms with E-state index in [9.17, 15) is 0 Å². The largest absolute Gasteiger partial charge is 0.275 e. The van der Waals surface area contributed by atoms with E-state index in [1.165, 1.54) is 11.3 Å². The highest BCUT2D eigenvalue weighted by Crippen LogP contribution is 2.29. The molecule has 0 bridgehead atoms. The van der Waals surface area contributed by atoms with E-state index in [0.29, 0.717) is 10.8 Å². The summed E-state index contributed by atoms with van der Waals surface area (Å²) in [5, 5.41) is 18.6. The Balaban J connectivity index is 1.86. The first kappa shape index (κ1) is 12.5. The number of hydrogen-bond donors (Lipinski definition) is 0. The maximum atomic E-state index is 6.03. The van der Waals surface area contributed by atoms with Crippen LogP contribution in [0.1, 0.15) is 0 Å². The van der Waals surface area contributed by atoms with Crippen molar-refractivity contribution in [3.63, 3.8) is 0 Å². The number of nitrogens with zero attached hydrogens (tertiary/aromatic N) is 6. The number of rotatable bonds is 2. The minimum absolute atomic E-state index is 0.683. The molecule has 0 amide bonds. The van der Waals surface area contributed by atoms with Gasteiger partial charge in [-0.05, 0) is 12.1 Å². The summed E-state index contributed by atoms with van der Waals surface area (Å²) in [5.41, 5.74) is 1.85. The molecule has 21 heavy (non-hydrogen) atoms. The summed E-state index contributed by atoms with van der Waals surface area (Å²) < 4.78 is 3.46. The molecule has 0 aliphatic rings. The number of halogens is 1. The van der Waals surface area contributed by atoms with Gasteiger partial charge in [-0.1, -0.05) is 35.1 Å². The van der Waals surface area contributed by atoms with Gasteiger partial charge >= 0.3 is 0 Å². The van der Waals surface area contributed by atoms with E-state index < -0.39 is 0 Å². The summed E-state index contributed by atoms with van der Waals surface area (Å²) in [7, 11) is 1.86. The summed E-state index contributed by atoms with van der Waals surface area (Å²) >= 11 is 7.50. The maximum absolute atomic E-state index is 6.03. The monoisotopic (exact) mass is 316 g/mol. The first-order chi connectivity index (χ1) is 10.2. The fourth-order valence-corrected chi connectivity index (χ4v) is 3.10. The highest BCUT2D eigenvalue weighted by Gasteiger charge is 2.15. The van der Waals surface area contributed by atoms with Crippen LogP contribution in [0.5, 0.6) is 0 Å². The molecule has 4 aromatic rings.